The Kier molecular flexibility index (Phi) is 3.95. The lowest BCUT2D eigenvalue weighted by Crippen LogP contribution is -2.14. The van der Waals surface area contributed by atoms with E-state index in [1.165, 1.54) is 18.2 Å². The van der Waals surface area contributed by atoms with Crippen LogP contribution in [0.25, 0.3) is 0 Å². The van der Waals surface area contributed by atoms with Crippen molar-refractivity contribution in [2.24, 2.45) is 0 Å². The fourth-order valence-corrected chi connectivity index (χ4v) is 3.53. The first-order valence-electron chi connectivity index (χ1n) is 5.52. The third-order valence-electron chi connectivity index (χ3n) is 2.34. The topological polar surface area (TPSA) is 115 Å². The normalized spacial score (nSPS) is 11.2. The molecule has 20 heavy (non-hydrogen) atoms. The van der Waals surface area contributed by atoms with Crippen LogP contribution in [0.3, 0.4) is 0 Å². The summed E-state index contributed by atoms with van der Waals surface area (Å²) in [5, 5.41) is 19.1. The maximum absolute atomic E-state index is 12.1. The number of nitrogens with zero attached hydrogens (tertiary/aromatic N) is 3. The Morgan fingerprint density at radius 1 is 1.35 bits per heavy atom. The molecule has 0 spiro atoms. The Hall–Kier alpha value is -2.07. The molecule has 0 saturated heterocycles. The van der Waals surface area contributed by atoms with Crippen LogP contribution >= 0.6 is 11.3 Å². The van der Waals surface area contributed by atoms with Gasteiger partial charge >= 0.3 is 0 Å². The van der Waals surface area contributed by atoms with Gasteiger partial charge < -0.3 is 0 Å². The first kappa shape index (κ1) is 14.3. The Balaban J connectivity index is 2.38. The highest BCUT2D eigenvalue weighted by molar-refractivity contribution is 7.93. The molecule has 1 aromatic heterocycles. The van der Waals surface area contributed by atoms with Gasteiger partial charge in [-0.25, -0.2) is 8.42 Å². The number of benzene rings is 1. The van der Waals surface area contributed by atoms with Crippen molar-refractivity contribution in [1.82, 2.24) is 10.2 Å². The number of anilines is 1. The summed E-state index contributed by atoms with van der Waals surface area (Å²) in [6.07, 6.45) is 0.630. The van der Waals surface area contributed by atoms with Gasteiger partial charge in [0.2, 0.25) is 5.13 Å². The lowest BCUT2D eigenvalue weighted by atomic mass is 10.3. The van der Waals surface area contributed by atoms with Crippen molar-refractivity contribution >= 4 is 32.2 Å². The zero-order valence-electron chi connectivity index (χ0n) is 10.3. The second-order valence-electron chi connectivity index (χ2n) is 3.68. The molecule has 0 aliphatic heterocycles. The molecule has 0 radical (unpaired) electrons. The number of rotatable bonds is 5. The smallest absolute Gasteiger partial charge is 0.258 e. The average Bonchev–Trinajstić information content (AvgIpc) is 2.85. The second kappa shape index (κ2) is 5.51. The molecule has 8 nitrogen and oxygen atoms in total. The minimum absolute atomic E-state index is 0.0833. The highest BCUT2D eigenvalue weighted by atomic mass is 32.2. The van der Waals surface area contributed by atoms with E-state index in [4.69, 9.17) is 0 Å². The van der Waals surface area contributed by atoms with Crippen molar-refractivity contribution in [1.29, 1.82) is 0 Å². The van der Waals surface area contributed by atoms with E-state index >= 15 is 0 Å². The standard InChI is InChI=1S/C10H10N4O4S2/c1-2-9-11-12-10(19-9)13-20(17,18)8-6-4-3-5-7(8)14(15)16/h3-6H,2H2,1H3,(H,12,13). The summed E-state index contributed by atoms with van der Waals surface area (Å²) < 4.78 is 26.5. The number of nitrogens with one attached hydrogen (secondary N) is 1. The molecule has 0 amide bonds. The van der Waals surface area contributed by atoms with Crippen LogP contribution in [-0.4, -0.2) is 23.5 Å². The number of aryl methyl sites for hydroxylation is 1. The highest BCUT2D eigenvalue weighted by Crippen LogP contribution is 2.26. The van der Waals surface area contributed by atoms with Gasteiger partial charge in [-0.3, -0.25) is 14.8 Å². The van der Waals surface area contributed by atoms with Gasteiger partial charge in [0.1, 0.15) is 5.01 Å². The average molecular weight is 314 g/mol. The molecule has 0 aliphatic rings. The molecule has 0 unspecified atom stereocenters. The Morgan fingerprint density at radius 2 is 2.05 bits per heavy atom. The Morgan fingerprint density at radius 3 is 2.65 bits per heavy atom. The lowest BCUT2D eigenvalue weighted by molar-refractivity contribution is -0.387. The van der Waals surface area contributed by atoms with Gasteiger partial charge in [0.05, 0.1) is 4.92 Å². The van der Waals surface area contributed by atoms with Crippen LogP contribution < -0.4 is 4.72 Å². The molecule has 1 aromatic carbocycles. The Bertz CT molecular complexity index is 741. The van der Waals surface area contributed by atoms with E-state index in [-0.39, 0.29) is 5.13 Å². The van der Waals surface area contributed by atoms with Crippen molar-refractivity contribution in [2.75, 3.05) is 4.72 Å². The SMILES string of the molecule is CCc1nnc(NS(=O)(=O)c2ccccc2[N+](=O)[O-])s1. The number of hydrogen-bond donors (Lipinski definition) is 1. The molecular weight excluding hydrogens is 304 g/mol. The molecule has 1 N–H and O–H groups in total. The van der Waals surface area contributed by atoms with Crippen LogP contribution in [0.1, 0.15) is 11.9 Å². The third kappa shape index (κ3) is 2.91. The summed E-state index contributed by atoms with van der Waals surface area (Å²) in [6, 6.07) is 5.12. The van der Waals surface area contributed by atoms with Crippen LogP contribution in [0.2, 0.25) is 0 Å². The molecule has 0 bridgehead atoms. The Labute approximate surface area is 118 Å². The van der Waals surface area contributed by atoms with Crippen molar-refractivity contribution in [3.8, 4) is 0 Å². The van der Waals surface area contributed by atoms with Gasteiger partial charge in [-0.15, -0.1) is 10.2 Å². The van der Waals surface area contributed by atoms with Crippen molar-refractivity contribution in [3.63, 3.8) is 0 Å². The van der Waals surface area contributed by atoms with E-state index in [1.54, 1.807) is 0 Å². The number of sulfonamides is 1. The van der Waals surface area contributed by atoms with Crippen LogP contribution in [0.5, 0.6) is 0 Å². The molecule has 2 rings (SSSR count). The van der Waals surface area contributed by atoms with Crippen LogP contribution in [0.15, 0.2) is 29.2 Å². The van der Waals surface area contributed by atoms with Gasteiger partial charge in [0.15, 0.2) is 4.90 Å². The number of para-hydroxylation sites is 1. The predicted molar refractivity (Wildman–Crippen MR) is 73.2 cm³/mol. The van der Waals surface area contributed by atoms with E-state index < -0.39 is 25.5 Å². The number of nitro groups is 1. The summed E-state index contributed by atoms with van der Waals surface area (Å²) in [5.41, 5.74) is -0.486. The molecule has 0 atom stereocenters. The van der Waals surface area contributed by atoms with Gasteiger partial charge in [-0.2, -0.15) is 0 Å². The number of hydrogen-bond acceptors (Lipinski definition) is 7. The summed E-state index contributed by atoms with van der Waals surface area (Å²) in [5.74, 6) is 0. The summed E-state index contributed by atoms with van der Waals surface area (Å²) in [7, 11) is -4.07. The maximum atomic E-state index is 12.1. The monoisotopic (exact) mass is 314 g/mol. The van der Waals surface area contributed by atoms with Crippen LogP contribution in [0.4, 0.5) is 10.8 Å². The molecule has 0 aliphatic carbocycles. The summed E-state index contributed by atoms with van der Waals surface area (Å²) in [6.45, 7) is 1.86. The maximum Gasteiger partial charge on any atom is 0.289 e. The molecule has 0 saturated carbocycles. The number of aromatic nitrogens is 2. The zero-order chi connectivity index (χ0) is 14.8. The minimum atomic E-state index is -4.07. The molecule has 106 valence electrons. The molecule has 10 heteroatoms. The fourth-order valence-electron chi connectivity index (χ4n) is 1.44. The van der Waals surface area contributed by atoms with E-state index in [1.807, 2.05) is 6.92 Å². The molecular formula is C10H10N4O4S2. The van der Waals surface area contributed by atoms with Crippen molar-refractivity contribution < 1.29 is 13.3 Å². The van der Waals surface area contributed by atoms with Crippen LogP contribution in [0, 0.1) is 10.1 Å². The number of nitro benzene ring substituents is 1. The van der Waals surface area contributed by atoms with E-state index in [0.29, 0.717) is 11.4 Å². The summed E-state index contributed by atoms with van der Waals surface area (Å²) in [4.78, 5) is 9.71. The van der Waals surface area contributed by atoms with Gasteiger partial charge in [-0.05, 0) is 12.5 Å². The zero-order valence-corrected chi connectivity index (χ0v) is 11.9. The first-order chi connectivity index (χ1) is 9.44. The quantitative estimate of drug-likeness (QED) is 0.664. The molecule has 1 heterocycles. The summed E-state index contributed by atoms with van der Waals surface area (Å²) >= 11 is 1.09. The van der Waals surface area contributed by atoms with Crippen molar-refractivity contribution in [3.05, 3.63) is 39.4 Å². The second-order valence-corrected chi connectivity index (χ2v) is 6.40. The fraction of sp³-hybridized carbons (Fsp3) is 0.200. The van der Waals surface area contributed by atoms with Crippen LogP contribution in [-0.2, 0) is 16.4 Å². The first-order valence-corrected chi connectivity index (χ1v) is 7.82. The van der Waals surface area contributed by atoms with Gasteiger partial charge in [0.25, 0.3) is 15.7 Å². The van der Waals surface area contributed by atoms with E-state index in [2.05, 4.69) is 14.9 Å². The van der Waals surface area contributed by atoms with E-state index in [0.717, 1.165) is 17.4 Å². The molecule has 0 fully saturated rings. The predicted octanol–water partition coefficient (Wildman–Crippen LogP) is 1.81. The minimum Gasteiger partial charge on any atom is -0.258 e. The van der Waals surface area contributed by atoms with Gasteiger partial charge in [0, 0.05) is 6.07 Å². The van der Waals surface area contributed by atoms with Gasteiger partial charge in [-0.1, -0.05) is 30.4 Å². The highest BCUT2D eigenvalue weighted by Gasteiger charge is 2.26. The van der Waals surface area contributed by atoms with E-state index in [9.17, 15) is 18.5 Å². The van der Waals surface area contributed by atoms with Crippen molar-refractivity contribution in [2.45, 2.75) is 18.2 Å². The third-order valence-corrected chi connectivity index (χ3v) is 4.84. The largest absolute Gasteiger partial charge is 0.289 e. The molecule has 2 aromatic rings. The lowest BCUT2D eigenvalue weighted by Gasteiger charge is -2.04.